The summed E-state index contributed by atoms with van der Waals surface area (Å²) in [5, 5.41) is 12.1. The zero-order chi connectivity index (χ0) is 14.8. The molecule has 2 heterocycles. The Morgan fingerprint density at radius 3 is 2.95 bits per heavy atom. The SMILES string of the molecule is COC(=O)N(C)c1cccc(-c2ccc3nncn3n2)c1. The van der Waals surface area contributed by atoms with Gasteiger partial charge in [0.25, 0.3) is 0 Å². The minimum Gasteiger partial charge on any atom is -0.452 e. The van der Waals surface area contributed by atoms with Crippen LogP contribution in [0.5, 0.6) is 0 Å². The average molecular weight is 283 g/mol. The van der Waals surface area contributed by atoms with Gasteiger partial charge in [0.15, 0.2) is 5.65 Å². The maximum absolute atomic E-state index is 11.6. The third kappa shape index (κ3) is 2.40. The first-order chi connectivity index (χ1) is 10.2. The Hall–Kier alpha value is -2.96. The van der Waals surface area contributed by atoms with E-state index in [0.29, 0.717) is 5.65 Å². The minimum atomic E-state index is -0.422. The number of benzene rings is 1. The summed E-state index contributed by atoms with van der Waals surface area (Å²) in [4.78, 5) is 13.0. The number of carbonyl (C=O) groups excluding carboxylic acids is 1. The predicted octanol–water partition coefficient (Wildman–Crippen LogP) is 1.99. The molecule has 3 rings (SSSR count). The van der Waals surface area contributed by atoms with E-state index >= 15 is 0 Å². The van der Waals surface area contributed by atoms with Crippen molar-refractivity contribution in [1.82, 2.24) is 19.8 Å². The van der Waals surface area contributed by atoms with Crippen LogP contribution in [0.1, 0.15) is 0 Å². The minimum absolute atomic E-state index is 0.422. The first kappa shape index (κ1) is 13.0. The number of methoxy groups -OCH3 is 1. The zero-order valence-corrected chi connectivity index (χ0v) is 11.6. The summed E-state index contributed by atoms with van der Waals surface area (Å²) < 4.78 is 6.31. The molecule has 0 saturated carbocycles. The number of carbonyl (C=O) groups is 1. The maximum Gasteiger partial charge on any atom is 0.413 e. The summed E-state index contributed by atoms with van der Waals surface area (Å²) in [5.41, 5.74) is 3.06. The van der Waals surface area contributed by atoms with Crippen molar-refractivity contribution in [2.75, 3.05) is 19.1 Å². The lowest BCUT2D eigenvalue weighted by Crippen LogP contribution is -2.25. The summed E-state index contributed by atoms with van der Waals surface area (Å²) in [7, 11) is 3.01. The Balaban J connectivity index is 2.00. The van der Waals surface area contributed by atoms with Crippen molar-refractivity contribution < 1.29 is 9.53 Å². The van der Waals surface area contributed by atoms with Crippen molar-refractivity contribution in [3.05, 3.63) is 42.7 Å². The van der Waals surface area contributed by atoms with Crippen molar-refractivity contribution in [2.45, 2.75) is 0 Å². The molecular formula is C14H13N5O2. The van der Waals surface area contributed by atoms with Crippen LogP contribution in [0.4, 0.5) is 10.5 Å². The maximum atomic E-state index is 11.6. The van der Waals surface area contributed by atoms with Crippen LogP contribution in [0, 0.1) is 0 Å². The highest BCUT2D eigenvalue weighted by Gasteiger charge is 2.12. The number of fused-ring (bicyclic) bond motifs is 1. The summed E-state index contributed by atoms with van der Waals surface area (Å²) in [6, 6.07) is 11.2. The highest BCUT2D eigenvalue weighted by atomic mass is 16.5. The van der Waals surface area contributed by atoms with Gasteiger partial charge in [-0.3, -0.25) is 4.90 Å². The number of aromatic nitrogens is 4. The van der Waals surface area contributed by atoms with Gasteiger partial charge in [0.05, 0.1) is 12.8 Å². The van der Waals surface area contributed by atoms with E-state index in [1.807, 2.05) is 36.4 Å². The van der Waals surface area contributed by atoms with E-state index in [1.165, 1.54) is 12.0 Å². The van der Waals surface area contributed by atoms with Gasteiger partial charge < -0.3 is 4.74 Å². The number of ether oxygens (including phenoxy) is 1. The molecule has 0 radical (unpaired) electrons. The Morgan fingerprint density at radius 1 is 1.29 bits per heavy atom. The topological polar surface area (TPSA) is 72.6 Å². The number of hydrogen-bond acceptors (Lipinski definition) is 5. The predicted molar refractivity (Wildman–Crippen MR) is 77.0 cm³/mol. The number of hydrogen-bond donors (Lipinski definition) is 0. The molecule has 0 aliphatic carbocycles. The van der Waals surface area contributed by atoms with Crippen molar-refractivity contribution in [3.8, 4) is 11.3 Å². The second kappa shape index (κ2) is 5.20. The molecule has 7 nitrogen and oxygen atoms in total. The molecule has 0 spiro atoms. The smallest absolute Gasteiger partial charge is 0.413 e. The highest BCUT2D eigenvalue weighted by Crippen LogP contribution is 2.23. The molecule has 0 fully saturated rings. The van der Waals surface area contributed by atoms with Gasteiger partial charge in [-0.15, -0.1) is 10.2 Å². The Labute approximate surface area is 120 Å². The second-order valence-electron chi connectivity index (χ2n) is 4.43. The van der Waals surface area contributed by atoms with E-state index in [4.69, 9.17) is 4.74 Å². The fourth-order valence-electron chi connectivity index (χ4n) is 2.00. The molecule has 106 valence electrons. The first-order valence-electron chi connectivity index (χ1n) is 6.28. The van der Waals surface area contributed by atoms with E-state index in [0.717, 1.165) is 16.9 Å². The molecule has 0 saturated heterocycles. The second-order valence-corrected chi connectivity index (χ2v) is 4.43. The first-order valence-corrected chi connectivity index (χ1v) is 6.28. The van der Waals surface area contributed by atoms with E-state index in [-0.39, 0.29) is 0 Å². The van der Waals surface area contributed by atoms with Crippen LogP contribution in [0.15, 0.2) is 42.7 Å². The molecule has 1 amide bonds. The van der Waals surface area contributed by atoms with Crippen LogP contribution in [0.25, 0.3) is 16.9 Å². The van der Waals surface area contributed by atoms with Gasteiger partial charge in [0.1, 0.15) is 6.33 Å². The number of nitrogens with zero attached hydrogens (tertiary/aromatic N) is 5. The molecule has 1 aromatic carbocycles. The molecule has 0 atom stereocenters. The zero-order valence-electron chi connectivity index (χ0n) is 11.6. The van der Waals surface area contributed by atoms with Crippen LogP contribution in [-0.4, -0.2) is 40.1 Å². The lowest BCUT2D eigenvalue weighted by molar-refractivity contribution is 0.180. The Kier molecular flexibility index (Phi) is 3.23. The van der Waals surface area contributed by atoms with Crippen molar-refractivity contribution in [1.29, 1.82) is 0 Å². The largest absolute Gasteiger partial charge is 0.452 e. The third-order valence-electron chi connectivity index (χ3n) is 3.14. The fourth-order valence-corrected chi connectivity index (χ4v) is 2.00. The van der Waals surface area contributed by atoms with Crippen molar-refractivity contribution in [3.63, 3.8) is 0 Å². The highest BCUT2D eigenvalue weighted by molar-refractivity contribution is 5.87. The van der Waals surface area contributed by atoms with E-state index in [2.05, 4.69) is 15.3 Å². The lowest BCUT2D eigenvalue weighted by atomic mass is 10.1. The van der Waals surface area contributed by atoms with Gasteiger partial charge in [0.2, 0.25) is 0 Å². The van der Waals surface area contributed by atoms with Crippen LogP contribution in [0.3, 0.4) is 0 Å². The molecule has 0 N–H and O–H groups in total. The molecule has 3 aromatic rings. The quantitative estimate of drug-likeness (QED) is 0.719. The molecule has 0 unspecified atom stereocenters. The van der Waals surface area contributed by atoms with Gasteiger partial charge in [0, 0.05) is 18.3 Å². The fraction of sp³-hybridized carbons (Fsp3) is 0.143. The van der Waals surface area contributed by atoms with Gasteiger partial charge in [-0.25, -0.2) is 4.79 Å². The monoisotopic (exact) mass is 283 g/mol. The van der Waals surface area contributed by atoms with Crippen molar-refractivity contribution >= 4 is 17.4 Å². The molecule has 0 bridgehead atoms. The number of amides is 1. The normalized spacial score (nSPS) is 10.6. The Morgan fingerprint density at radius 2 is 2.14 bits per heavy atom. The molecular weight excluding hydrogens is 270 g/mol. The van der Waals surface area contributed by atoms with Gasteiger partial charge in [-0.05, 0) is 24.3 Å². The van der Waals surface area contributed by atoms with Crippen LogP contribution >= 0.6 is 0 Å². The Bertz CT molecular complexity index is 799. The third-order valence-corrected chi connectivity index (χ3v) is 3.14. The summed E-state index contributed by atoms with van der Waals surface area (Å²) >= 11 is 0. The average Bonchev–Trinajstić information content (AvgIpc) is 3.01. The standard InChI is InChI=1S/C14H13N5O2/c1-18(14(20)21-2)11-5-3-4-10(8-11)12-6-7-13-16-15-9-19(13)17-12/h3-9H,1-2H3. The van der Waals surface area contributed by atoms with Crippen LogP contribution in [0.2, 0.25) is 0 Å². The molecule has 2 aromatic heterocycles. The van der Waals surface area contributed by atoms with E-state index in [9.17, 15) is 4.79 Å². The van der Waals surface area contributed by atoms with Gasteiger partial charge >= 0.3 is 6.09 Å². The van der Waals surface area contributed by atoms with Crippen LogP contribution < -0.4 is 4.90 Å². The summed E-state index contributed by atoms with van der Waals surface area (Å²) in [5.74, 6) is 0. The molecule has 7 heteroatoms. The number of anilines is 1. The van der Waals surface area contributed by atoms with Gasteiger partial charge in [-0.2, -0.15) is 9.61 Å². The van der Waals surface area contributed by atoms with Crippen LogP contribution in [-0.2, 0) is 4.74 Å². The summed E-state index contributed by atoms with van der Waals surface area (Å²) in [6.07, 6.45) is 1.12. The number of rotatable bonds is 2. The van der Waals surface area contributed by atoms with E-state index in [1.54, 1.807) is 17.9 Å². The van der Waals surface area contributed by atoms with Gasteiger partial charge in [-0.1, -0.05) is 12.1 Å². The van der Waals surface area contributed by atoms with Crippen molar-refractivity contribution in [2.24, 2.45) is 0 Å². The molecule has 0 aliphatic rings. The van der Waals surface area contributed by atoms with E-state index < -0.39 is 6.09 Å². The lowest BCUT2D eigenvalue weighted by Gasteiger charge is -2.16. The molecule has 0 aliphatic heterocycles. The summed E-state index contributed by atoms with van der Waals surface area (Å²) in [6.45, 7) is 0. The molecule has 21 heavy (non-hydrogen) atoms.